The van der Waals surface area contributed by atoms with Crippen molar-refractivity contribution in [1.82, 2.24) is 14.7 Å². The number of aromatic nitrogens is 2. The maximum absolute atomic E-state index is 12.8. The molecule has 0 bridgehead atoms. The number of hydrogen-bond acceptors (Lipinski definition) is 2. The first-order valence-corrected chi connectivity index (χ1v) is 8.07. The Kier molecular flexibility index (Phi) is 5.19. The summed E-state index contributed by atoms with van der Waals surface area (Å²) in [6.45, 7) is 1.34. The third kappa shape index (κ3) is 3.64. The minimum absolute atomic E-state index is 0.104. The smallest absolute Gasteiger partial charge is 0.341 e. The highest BCUT2D eigenvalue weighted by Gasteiger charge is 2.38. The highest BCUT2D eigenvalue weighted by atomic mass is 79.9. The molecule has 1 heterocycles. The van der Waals surface area contributed by atoms with Gasteiger partial charge in [0.2, 0.25) is 5.91 Å². The molecule has 0 radical (unpaired) electrons. The zero-order valence-electron chi connectivity index (χ0n) is 12.6. The van der Waals surface area contributed by atoms with Crippen LogP contribution in [0.2, 0.25) is 0 Å². The number of amides is 1. The van der Waals surface area contributed by atoms with Crippen LogP contribution in [0.3, 0.4) is 0 Å². The van der Waals surface area contributed by atoms with E-state index in [-0.39, 0.29) is 23.0 Å². The molecule has 1 aliphatic carbocycles. The lowest BCUT2D eigenvalue weighted by molar-refractivity contribution is -0.142. The van der Waals surface area contributed by atoms with Gasteiger partial charge in [0, 0.05) is 13.1 Å². The molecule has 0 atom stereocenters. The molecule has 22 heavy (non-hydrogen) atoms. The van der Waals surface area contributed by atoms with Gasteiger partial charge in [0.1, 0.15) is 6.54 Å². The molecule has 1 aromatic heterocycles. The second-order valence-corrected chi connectivity index (χ2v) is 6.49. The Labute approximate surface area is 135 Å². The van der Waals surface area contributed by atoms with E-state index < -0.39 is 11.9 Å². The third-order valence-electron chi connectivity index (χ3n) is 4.20. The zero-order chi connectivity index (χ0) is 16.5. The number of likely N-dealkylation sites (N-methyl/N-ethyl adjacent to an activating group) is 1. The van der Waals surface area contributed by atoms with E-state index in [9.17, 15) is 18.0 Å². The van der Waals surface area contributed by atoms with Gasteiger partial charge in [-0.25, -0.2) is 0 Å². The van der Waals surface area contributed by atoms with Crippen molar-refractivity contribution in [2.24, 2.45) is 0 Å². The molecule has 8 heteroatoms. The molecule has 1 amide bonds. The second-order valence-electron chi connectivity index (χ2n) is 5.70. The molecule has 1 saturated carbocycles. The van der Waals surface area contributed by atoms with Gasteiger partial charge in [0.25, 0.3) is 0 Å². The maximum Gasteiger partial charge on any atom is 0.436 e. The molecule has 4 nitrogen and oxygen atoms in total. The van der Waals surface area contributed by atoms with Crippen LogP contribution >= 0.6 is 15.9 Å². The summed E-state index contributed by atoms with van der Waals surface area (Å²) in [5.74, 6) is -0.210. The predicted octanol–water partition coefficient (Wildman–Crippen LogP) is 3.76. The molecule has 0 aliphatic heterocycles. The lowest BCUT2D eigenvalue weighted by Crippen LogP contribution is -2.40. The Morgan fingerprint density at radius 3 is 2.45 bits per heavy atom. The predicted molar refractivity (Wildman–Crippen MR) is 79.3 cm³/mol. The minimum atomic E-state index is -4.53. The Bertz CT molecular complexity index is 550. The van der Waals surface area contributed by atoms with Crippen molar-refractivity contribution in [2.75, 3.05) is 7.05 Å². The standard InChI is InChI=1S/C14H19BrF3N3O/c1-9-12(15)13(14(16,17)18)19-21(9)8-11(22)20(2)10-6-4-3-5-7-10/h10H,3-8H2,1-2H3. The highest BCUT2D eigenvalue weighted by Crippen LogP contribution is 2.35. The van der Waals surface area contributed by atoms with E-state index in [1.807, 2.05) is 0 Å². The van der Waals surface area contributed by atoms with Crippen LogP contribution in [0.1, 0.15) is 43.5 Å². The average molecular weight is 382 g/mol. The first-order valence-electron chi connectivity index (χ1n) is 7.27. The van der Waals surface area contributed by atoms with Gasteiger partial charge in [-0.05, 0) is 35.7 Å². The average Bonchev–Trinajstić information content (AvgIpc) is 2.75. The van der Waals surface area contributed by atoms with Crippen LogP contribution in [0.4, 0.5) is 13.2 Å². The largest absolute Gasteiger partial charge is 0.436 e. The van der Waals surface area contributed by atoms with Crippen LogP contribution in [0.15, 0.2) is 4.47 Å². The van der Waals surface area contributed by atoms with Crippen molar-refractivity contribution in [3.63, 3.8) is 0 Å². The van der Waals surface area contributed by atoms with Crippen LogP contribution in [0.5, 0.6) is 0 Å². The fourth-order valence-corrected chi connectivity index (χ4v) is 3.28. The Morgan fingerprint density at radius 2 is 1.95 bits per heavy atom. The van der Waals surface area contributed by atoms with E-state index in [4.69, 9.17) is 0 Å². The SMILES string of the molecule is Cc1c(Br)c(C(F)(F)F)nn1CC(=O)N(C)C1CCCCC1. The number of hydrogen-bond donors (Lipinski definition) is 0. The quantitative estimate of drug-likeness (QED) is 0.799. The molecular formula is C14H19BrF3N3O. The van der Waals surface area contributed by atoms with Gasteiger partial charge >= 0.3 is 6.18 Å². The monoisotopic (exact) mass is 381 g/mol. The molecular weight excluding hydrogens is 363 g/mol. The summed E-state index contributed by atoms with van der Waals surface area (Å²) in [5.41, 5.74) is -0.684. The summed E-state index contributed by atoms with van der Waals surface area (Å²) < 4.78 is 39.5. The molecule has 0 saturated heterocycles. The summed E-state index contributed by atoms with van der Waals surface area (Å²) in [5, 5.41) is 3.55. The van der Waals surface area contributed by atoms with Gasteiger partial charge in [0.15, 0.2) is 5.69 Å². The molecule has 0 spiro atoms. The molecule has 0 unspecified atom stereocenters. The summed E-state index contributed by atoms with van der Waals surface area (Å²) >= 11 is 2.91. The molecule has 2 rings (SSSR count). The van der Waals surface area contributed by atoms with E-state index in [1.54, 1.807) is 11.9 Å². The van der Waals surface area contributed by atoms with Gasteiger partial charge < -0.3 is 4.90 Å². The minimum Gasteiger partial charge on any atom is -0.341 e. The summed E-state index contributed by atoms with van der Waals surface area (Å²) in [6.07, 6.45) is 0.737. The van der Waals surface area contributed by atoms with Crippen LogP contribution in [-0.4, -0.2) is 33.7 Å². The van der Waals surface area contributed by atoms with Gasteiger partial charge in [-0.15, -0.1) is 0 Å². The Balaban J connectivity index is 2.11. The van der Waals surface area contributed by atoms with Crippen LogP contribution in [-0.2, 0) is 17.5 Å². The van der Waals surface area contributed by atoms with E-state index >= 15 is 0 Å². The normalized spacial score (nSPS) is 16.8. The number of halogens is 4. The maximum atomic E-state index is 12.8. The van der Waals surface area contributed by atoms with Crippen molar-refractivity contribution < 1.29 is 18.0 Å². The molecule has 1 aliphatic rings. The molecule has 0 aromatic carbocycles. The summed E-state index contributed by atoms with van der Waals surface area (Å²) in [6, 6.07) is 0.183. The van der Waals surface area contributed by atoms with E-state index in [2.05, 4.69) is 21.0 Å². The van der Waals surface area contributed by atoms with Crippen LogP contribution in [0, 0.1) is 6.92 Å². The van der Waals surface area contributed by atoms with Crippen molar-refractivity contribution >= 4 is 21.8 Å². The fraction of sp³-hybridized carbons (Fsp3) is 0.714. The number of rotatable bonds is 3. The van der Waals surface area contributed by atoms with E-state index in [0.29, 0.717) is 5.69 Å². The van der Waals surface area contributed by atoms with Gasteiger partial charge in [-0.3, -0.25) is 9.48 Å². The first-order chi connectivity index (χ1) is 10.2. The number of carbonyl (C=O) groups is 1. The van der Waals surface area contributed by atoms with Gasteiger partial charge in [-0.1, -0.05) is 19.3 Å². The van der Waals surface area contributed by atoms with Crippen molar-refractivity contribution in [3.8, 4) is 0 Å². The van der Waals surface area contributed by atoms with Gasteiger partial charge in [-0.2, -0.15) is 18.3 Å². The van der Waals surface area contributed by atoms with E-state index in [0.717, 1.165) is 30.4 Å². The van der Waals surface area contributed by atoms with Crippen molar-refractivity contribution in [3.05, 3.63) is 15.9 Å². The molecule has 124 valence electrons. The lowest BCUT2D eigenvalue weighted by Gasteiger charge is -2.31. The summed E-state index contributed by atoms with van der Waals surface area (Å²) in [4.78, 5) is 14.0. The van der Waals surface area contributed by atoms with Crippen LogP contribution < -0.4 is 0 Å². The molecule has 1 fully saturated rings. The third-order valence-corrected chi connectivity index (χ3v) is 5.15. The van der Waals surface area contributed by atoms with Crippen LogP contribution in [0.25, 0.3) is 0 Å². The Hall–Kier alpha value is -1.05. The highest BCUT2D eigenvalue weighted by molar-refractivity contribution is 9.10. The van der Waals surface area contributed by atoms with Gasteiger partial charge in [0.05, 0.1) is 10.2 Å². The zero-order valence-corrected chi connectivity index (χ0v) is 14.2. The second kappa shape index (κ2) is 6.60. The topological polar surface area (TPSA) is 38.1 Å². The Morgan fingerprint density at radius 1 is 1.36 bits per heavy atom. The molecule has 0 N–H and O–H groups in total. The van der Waals surface area contributed by atoms with Crippen molar-refractivity contribution in [2.45, 2.75) is 57.8 Å². The fourth-order valence-electron chi connectivity index (χ4n) is 2.77. The summed E-state index contributed by atoms with van der Waals surface area (Å²) in [7, 11) is 1.72. The first kappa shape index (κ1) is 17.3. The molecule has 1 aromatic rings. The number of carbonyl (C=O) groups excluding carboxylic acids is 1. The van der Waals surface area contributed by atoms with Crippen molar-refractivity contribution in [1.29, 1.82) is 0 Å². The lowest BCUT2D eigenvalue weighted by atomic mass is 9.94. The number of nitrogens with zero attached hydrogens (tertiary/aromatic N) is 3. The van der Waals surface area contributed by atoms with E-state index in [1.165, 1.54) is 13.3 Å². The number of alkyl halides is 3.